The smallest absolute Gasteiger partial charge is 0.122 e. The minimum atomic E-state index is 0.522. The molecule has 166 valence electrons. The highest BCUT2D eigenvalue weighted by atomic mass is 16.5. The summed E-state index contributed by atoms with van der Waals surface area (Å²) in [6, 6.07) is 17.5. The van der Waals surface area contributed by atoms with Crippen molar-refractivity contribution in [1.29, 1.82) is 0 Å². The summed E-state index contributed by atoms with van der Waals surface area (Å²) >= 11 is 0. The molecule has 0 radical (unpaired) electrons. The molecule has 2 atom stereocenters. The van der Waals surface area contributed by atoms with Gasteiger partial charge in [0.15, 0.2) is 0 Å². The Morgan fingerprint density at radius 3 is 1.27 bits per heavy atom. The Kier molecular flexibility index (Phi) is 11.0. The summed E-state index contributed by atoms with van der Waals surface area (Å²) in [6.07, 6.45) is 7.06. The van der Waals surface area contributed by atoms with Crippen LogP contribution in [-0.2, 0) is 0 Å². The lowest BCUT2D eigenvalue weighted by atomic mass is 10.1. The molecular formula is C26H40N2O2. The second kappa shape index (κ2) is 13.8. The maximum atomic E-state index is 5.81. The van der Waals surface area contributed by atoms with Crippen molar-refractivity contribution in [2.75, 3.05) is 23.8 Å². The number of nitrogens with one attached hydrogen (secondary N) is 2. The predicted octanol–water partition coefficient (Wildman–Crippen LogP) is 7.13. The quantitative estimate of drug-likeness (QED) is 0.305. The third-order valence-electron chi connectivity index (χ3n) is 5.33. The molecule has 0 spiro atoms. The summed E-state index contributed by atoms with van der Waals surface area (Å²) < 4.78 is 11.6. The fourth-order valence-electron chi connectivity index (χ4n) is 3.54. The predicted molar refractivity (Wildman–Crippen MR) is 129 cm³/mol. The van der Waals surface area contributed by atoms with Crippen LogP contribution in [0.2, 0.25) is 0 Å². The van der Waals surface area contributed by atoms with Gasteiger partial charge in [-0.1, -0.05) is 40.5 Å². The van der Waals surface area contributed by atoms with Gasteiger partial charge >= 0.3 is 0 Å². The molecule has 0 bridgehead atoms. The fraction of sp³-hybridized carbons (Fsp3) is 0.538. The Balaban J connectivity index is 1.70. The van der Waals surface area contributed by atoms with E-state index in [2.05, 4.69) is 62.6 Å². The average molecular weight is 413 g/mol. The first-order valence-corrected chi connectivity index (χ1v) is 11.7. The van der Waals surface area contributed by atoms with Crippen LogP contribution in [0, 0.1) is 0 Å². The minimum absolute atomic E-state index is 0.522. The van der Waals surface area contributed by atoms with Gasteiger partial charge in [-0.15, -0.1) is 0 Å². The molecule has 2 aromatic carbocycles. The SMILES string of the molecule is CCCC(CC)Nc1ccc(OCCOc2ccc(NC(CC)CCC)cc2)cc1. The molecule has 4 heteroatoms. The van der Waals surface area contributed by atoms with Gasteiger partial charge in [-0.2, -0.15) is 0 Å². The van der Waals surface area contributed by atoms with E-state index in [0.29, 0.717) is 25.3 Å². The fourth-order valence-corrected chi connectivity index (χ4v) is 3.54. The summed E-state index contributed by atoms with van der Waals surface area (Å²) in [5, 5.41) is 7.17. The normalized spacial score (nSPS) is 12.8. The Morgan fingerprint density at radius 1 is 0.600 bits per heavy atom. The van der Waals surface area contributed by atoms with Gasteiger partial charge in [0.1, 0.15) is 24.7 Å². The molecule has 0 aromatic heterocycles. The summed E-state index contributed by atoms with van der Waals surface area (Å²) in [5.74, 6) is 1.74. The summed E-state index contributed by atoms with van der Waals surface area (Å²) in [6.45, 7) is 9.95. The van der Waals surface area contributed by atoms with Crippen molar-refractivity contribution in [1.82, 2.24) is 0 Å². The van der Waals surface area contributed by atoms with Gasteiger partial charge in [-0.3, -0.25) is 0 Å². The van der Waals surface area contributed by atoms with E-state index in [0.717, 1.165) is 35.7 Å². The lowest BCUT2D eigenvalue weighted by Crippen LogP contribution is -2.17. The minimum Gasteiger partial charge on any atom is -0.490 e. The molecule has 2 unspecified atom stereocenters. The number of hydrogen-bond acceptors (Lipinski definition) is 4. The van der Waals surface area contributed by atoms with Crippen molar-refractivity contribution in [2.45, 2.75) is 78.3 Å². The number of ether oxygens (including phenoxy) is 2. The molecule has 30 heavy (non-hydrogen) atoms. The van der Waals surface area contributed by atoms with Crippen molar-refractivity contribution >= 4 is 11.4 Å². The van der Waals surface area contributed by atoms with Gasteiger partial charge in [0, 0.05) is 23.5 Å². The third-order valence-corrected chi connectivity index (χ3v) is 5.33. The lowest BCUT2D eigenvalue weighted by Gasteiger charge is -2.18. The summed E-state index contributed by atoms with van der Waals surface area (Å²) in [5.41, 5.74) is 2.30. The van der Waals surface area contributed by atoms with Gasteiger partial charge in [0.05, 0.1) is 0 Å². The topological polar surface area (TPSA) is 42.5 Å². The van der Waals surface area contributed by atoms with E-state index in [-0.39, 0.29) is 0 Å². The summed E-state index contributed by atoms with van der Waals surface area (Å²) in [7, 11) is 0. The molecule has 4 nitrogen and oxygen atoms in total. The summed E-state index contributed by atoms with van der Waals surface area (Å²) in [4.78, 5) is 0. The molecule has 0 aliphatic rings. The van der Waals surface area contributed by atoms with E-state index >= 15 is 0 Å². The zero-order valence-corrected chi connectivity index (χ0v) is 19.2. The van der Waals surface area contributed by atoms with Crippen LogP contribution in [0.15, 0.2) is 48.5 Å². The molecular weight excluding hydrogens is 372 g/mol. The Labute approximate surface area is 183 Å². The van der Waals surface area contributed by atoms with Crippen LogP contribution in [0.25, 0.3) is 0 Å². The maximum absolute atomic E-state index is 5.81. The monoisotopic (exact) mass is 412 g/mol. The van der Waals surface area contributed by atoms with Gasteiger partial charge in [-0.05, 0) is 74.2 Å². The number of anilines is 2. The molecule has 0 saturated heterocycles. The van der Waals surface area contributed by atoms with E-state index in [1.807, 2.05) is 24.3 Å². The highest BCUT2D eigenvalue weighted by molar-refractivity contribution is 5.48. The largest absolute Gasteiger partial charge is 0.490 e. The first-order valence-electron chi connectivity index (χ1n) is 11.7. The van der Waals surface area contributed by atoms with Crippen molar-refractivity contribution in [3.63, 3.8) is 0 Å². The van der Waals surface area contributed by atoms with Gasteiger partial charge in [-0.25, -0.2) is 0 Å². The first-order chi connectivity index (χ1) is 14.7. The molecule has 2 rings (SSSR count). The number of hydrogen-bond donors (Lipinski definition) is 2. The highest BCUT2D eigenvalue weighted by Gasteiger charge is 2.06. The van der Waals surface area contributed by atoms with Crippen LogP contribution < -0.4 is 20.1 Å². The average Bonchev–Trinajstić information content (AvgIpc) is 2.78. The number of rotatable bonds is 15. The third kappa shape index (κ3) is 8.56. The molecule has 2 N–H and O–H groups in total. The zero-order valence-electron chi connectivity index (χ0n) is 19.2. The lowest BCUT2D eigenvalue weighted by molar-refractivity contribution is 0.217. The van der Waals surface area contributed by atoms with E-state index in [9.17, 15) is 0 Å². The molecule has 0 heterocycles. The van der Waals surface area contributed by atoms with Crippen molar-refractivity contribution in [3.8, 4) is 11.5 Å². The van der Waals surface area contributed by atoms with Crippen LogP contribution in [0.4, 0.5) is 11.4 Å². The molecule has 0 fully saturated rings. The van der Waals surface area contributed by atoms with Crippen LogP contribution in [0.1, 0.15) is 66.2 Å². The van der Waals surface area contributed by atoms with E-state index in [4.69, 9.17) is 9.47 Å². The van der Waals surface area contributed by atoms with E-state index in [1.165, 1.54) is 25.7 Å². The Hall–Kier alpha value is -2.36. The van der Waals surface area contributed by atoms with Crippen molar-refractivity contribution < 1.29 is 9.47 Å². The second-order valence-electron chi connectivity index (χ2n) is 7.82. The van der Waals surface area contributed by atoms with Crippen LogP contribution in [-0.4, -0.2) is 25.3 Å². The van der Waals surface area contributed by atoms with Crippen LogP contribution in [0.5, 0.6) is 11.5 Å². The first kappa shape index (κ1) is 23.9. The zero-order chi connectivity index (χ0) is 21.6. The number of benzene rings is 2. The van der Waals surface area contributed by atoms with Crippen molar-refractivity contribution in [3.05, 3.63) is 48.5 Å². The van der Waals surface area contributed by atoms with Gasteiger partial charge < -0.3 is 20.1 Å². The highest BCUT2D eigenvalue weighted by Crippen LogP contribution is 2.20. The van der Waals surface area contributed by atoms with Crippen LogP contribution in [0.3, 0.4) is 0 Å². The molecule has 0 aliphatic carbocycles. The van der Waals surface area contributed by atoms with Crippen LogP contribution >= 0.6 is 0 Å². The maximum Gasteiger partial charge on any atom is 0.122 e. The standard InChI is InChI=1S/C26H40N2O2/c1-5-9-21(7-3)27-23-11-15-25(16-12-23)29-19-20-30-26-17-13-24(14-18-26)28-22(8-4)10-6-2/h11-18,21-22,27-28H,5-10,19-20H2,1-4H3. The van der Waals surface area contributed by atoms with E-state index in [1.54, 1.807) is 0 Å². The van der Waals surface area contributed by atoms with Gasteiger partial charge in [0.2, 0.25) is 0 Å². The Bertz CT molecular complexity index is 624. The Morgan fingerprint density at radius 2 is 0.967 bits per heavy atom. The van der Waals surface area contributed by atoms with Crippen molar-refractivity contribution in [2.24, 2.45) is 0 Å². The molecule has 0 amide bonds. The molecule has 0 saturated carbocycles. The van der Waals surface area contributed by atoms with Gasteiger partial charge in [0.25, 0.3) is 0 Å². The second-order valence-corrected chi connectivity index (χ2v) is 7.82. The van der Waals surface area contributed by atoms with E-state index < -0.39 is 0 Å². The molecule has 0 aliphatic heterocycles. The molecule has 2 aromatic rings.